The highest BCUT2D eigenvalue weighted by molar-refractivity contribution is 8.00. The molecule has 3 rings (SSSR count). The highest BCUT2D eigenvalue weighted by Crippen LogP contribution is 2.40. The van der Waals surface area contributed by atoms with Gasteiger partial charge in [0, 0.05) is 19.1 Å². The van der Waals surface area contributed by atoms with E-state index >= 15 is 0 Å². The van der Waals surface area contributed by atoms with Crippen molar-refractivity contribution in [3.8, 4) is 12.1 Å². The number of primary amides is 1. The molecule has 0 saturated carbocycles. The van der Waals surface area contributed by atoms with Crippen molar-refractivity contribution in [3.05, 3.63) is 52.6 Å². The van der Waals surface area contributed by atoms with E-state index in [9.17, 15) is 25.2 Å². The average molecular weight is 591 g/mol. The Labute approximate surface area is 253 Å². The third-order valence-corrected chi connectivity index (χ3v) is 9.05. The van der Waals surface area contributed by atoms with Gasteiger partial charge in [0.2, 0.25) is 5.91 Å². The molecule has 1 aromatic heterocycles. The lowest BCUT2D eigenvalue weighted by atomic mass is 9.98. The van der Waals surface area contributed by atoms with Crippen molar-refractivity contribution in [1.82, 2.24) is 10.3 Å². The standard InChI is InChI=1S/C32H42N6O3S/c1-3-5-6-7-8-12-15-27(32(40)41)36-23-16-18-38(19-17-23)30-25(20-33)24(4-2)26(21-34)31(37-30)42-28(29(35)39)22-13-10-9-11-14-22/h9-11,13-14,23,27-28,36H,3-8,12,15-19H2,1-2H3,(H2,35,39)(H,40,41). The summed E-state index contributed by atoms with van der Waals surface area (Å²) in [5, 5.41) is 33.0. The van der Waals surface area contributed by atoms with Gasteiger partial charge in [-0.3, -0.25) is 9.59 Å². The first kappa shape index (κ1) is 32.9. The molecule has 1 aliphatic rings. The van der Waals surface area contributed by atoms with E-state index in [0.717, 1.165) is 31.0 Å². The number of aromatic nitrogens is 1. The number of nitrogens with two attached hydrogens (primary N) is 1. The van der Waals surface area contributed by atoms with E-state index in [1.807, 2.05) is 42.2 Å². The maximum atomic E-state index is 12.4. The van der Waals surface area contributed by atoms with Crippen LogP contribution in [-0.4, -0.2) is 47.1 Å². The Balaban J connectivity index is 1.77. The third kappa shape index (κ3) is 8.70. The molecule has 1 amide bonds. The maximum Gasteiger partial charge on any atom is 0.320 e. The Morgan fingerprint density at radius 1 is 1.07 bits per heavy atom. The van der Waals surface area contributed by atoms with Gasteiger partial charge < -0.3 is 21.1 Å². The lowest BCUT2D eigenvalue weighted by Crippen LogP contribution is -2.49. The number of carboxylic acids is 1. The van der Waals surface area contributed by atoms with Gasteiger partial charge >= 0.3 is 5.97 Å². The number of carbonyl (C=O) groups excluding carboxylic acids is 1. The van der Waals surface area contributed by atoms with E-state index in [0.29, 0.717) is 71.9 Å². The summed E-state index contributed by atoms with van der Waals surface area (Å²) in [7, 11) is 0. The van der Waals surface area contributed by atoms with Crippen LogP contribution in [0.15, 0.2) is 35.4 Å². The van der Waals surface area contributed by atoms with Crippen LogP contribution in [0.5, 0.6) is 0 Å². The van der Waals surface area contributed by atoms with Crippen molar-refractivity contribution >= 4 is 29.5 Å². The zero-order valence-electron chi connectivity index (χ0n) is 24.6. The number of carboxylic acid groups (broad SMARTS) is 1. The van der Waals surface area contributed by atoms with Crippen LogP contribution in [0, 0.1) is 22.7 Å². The van der Waals surface area contributed by atoms with Gasteiger partial charge in [0.15, 0.2) is 0 Å². The minimum atomic E-state index is -0.816. The lowest BCUT2D eigenvalue weighted by molar-refractivity contribution is -0.140. The fourth-order valence-corrected chi connectivity index (χ4v) is 6.54. The highest BCUT2D eigenvalue weighted by atomic mass is 32.2. The van der Waals surface area contributed by atoms with Crippen LogP contribution in [0.25, 0.3) is 0 Å². The summed E-state index contributed by atoms with van der Waals surface area (Å²) in [5.74, 6) is -0.864. The minimum Gasteiger partial charge on any atom is -0.480 e. The zero-order chi connectivity index (χ0) is 30.5. The molecule has 1 aromatic carbocycles. The van der Waals surface area contributed by atoms with E-state index in [1.54, 1.807) is 0 Å². The van der Waals surface area contributed by atoms with E-state index in [4.69, 9.17) is 10.7 Å². The molecule has 42 heavy (non-hydrogen) atoms. The number of piperidine rings is 1. The summed E-state index contributed by atoms with van der Waals surface area (Å²) in [6.45, 7) is 5.24. The number of amides is 1. The Morgan fingerprint density at radius 2 is 1.71 bits per heavy atom. The molecule has 1 fully saturated rings. The van der Waals surface area contributed by atoms with Crippen molar-refractivity contribution in [2.75, 3.05) is 18.0 Å². The molecular weight excluding hydrogens is 548 g/mol. The molecule has 2 unspecified atom stereocenters. The molecule has 0 bridgehead atoms. The number of nitriles is 2. The van der Waals surface area contributed by atoms with Gasteiger partial charge in [-0.25, -0.2) is 4.98 Å². The second kappa shape index (κ2) is 16.7. The van der Waals surface area contributed by atoms with Gasteiger partial charge in [-0.2, -0.15) is 10.5 Å². The van der Waals surface area contributed by atoms with Gasteiger partial charge in [-0.15, -0.1) is 0 Å². The maximum absolute atomic E-state index is 12.4. The summed E-state index contributed by atoms with van der Waals surface area (Å²) in [5.41, 5.74) is 7.75. The number of aliphatic carboxylic acids is 1. The summed E-state index contributed by atoms with van der Waals surface area (Å²) < 4.78 is 0. The molecule has 9 nitrogen and oxygen atoms in total. The number of rotatable bonds is 16. The molecule has 2 atom stereocenters. The monoisotopic (exact) mass is 590 g/mol. The molecule has 4 N–H and O–H groups in total. The smallest absolute Gasteiger partial charge is 0.320 e. The van der Waals surface area contributed by atoms with Crippen LogP contribution in [0.2, 0.25) is 0 Å². The topological polar surface area (TPSA) is 156 Å². The van der Waals surface area contributed by atoms with Crippen molar-refractivity contribution in [1.29, 1.82) is 10.5 Å². The second-order valence-corrected chi connectivity index (χ2v) is 11.8. The van der Waals surface area contributed by atoms with Crippen LogP contribution in [0.1, 0.15) is 99.1 Å². The molecule has 224 valence electrons. The normalized spacial score (nSPS) is 15.0. The van der Waals surface area contributed by atoms with Crippen molar-refractivity contribution in [3.63, 3.8) is 0 Å². The SMILES string of the molecule is CCCCCCCCC(NC1CCN(c2nc(SC(C(N)=O)c3ccccc3)c(C#N)c(CC)c2C#N)CC1)C(=O)O. The third-order valence-electron chi connectivity index (χ3n) is 7.79. The van der Waals surface area contributed by atoms with Gasteiger partial charge in [0.1, 0.15) is 34.3 Å². The number of carbonyl (C=O) groups is 2. The zero-order valence-corrected chi connectivity index (χ0v) is 25.5. The molecule has 1 saturated heterocycles. The Morgan fingerprint density at radius 3 is 2.29 bits per heavy atom. The molecule has 0 aliphatic carbocycles. The largest absolute Gasteiger partial charge is 0.480 e. The Kier molecular flexibility index (Phi) is 13.1. The van der Waals surface area contributed by atoms with Gasteiger partial charge in [0.25, 0.3) is 0 Å². The van der Waals surface area contributed by atoms with Crippen molar-refractivity contribution in [2.45, 2.75) is 100 Å². The molecule has 0 spiro atoms. The molecule has 0 radical (unpaired) electrons. The molecule has 1 aliphatic heterocycles. The van der Waals surface area contributed by atoms with Crippen LogP contribution in [0.3, 0.4) is 0 Å². The molecule has 2 heterocycles. The van der Waals surface area contributed by atoms with Gasteiger partial charge in [-0.05, 0) is 36.8 Å². The first-order valence-corrected chi connectivity index (χ1v) is 15.8. The highest BCUT2D eigenvalue weighted by Gasteiger charge is 2.30. The average Bonchev–Trinajstić information content (AvgIpc) is 3.00. The molecule has 10 heteroatoms. The van der Waals surface area contributed by atoms with Gasteiger partial charge in [-0.1, -0.05) is 94.5 Å². The second-order valence-electron chi connectivity index (χ2n) is 10.7. The minimum absolute atomic E-state index is 0.0446. The van der Waals surface area contributed by atoms with E-state index in [2.05, 4.69) is 24.4 Å². The first-order chi connectivity index (χ1) is 20.3. The van der Waals surface area contributed by atoms with Crippen molar-refractivity contribution in [2.24, 2.45) is 5.73 Å². The van der Waals surface area contributed by atoms with E-state index in [-0.39, 0.29) is 6.04 Å². The summed E-state index contributed by atoms with van der Waals surface area (Å²) in [6.07, 6.45) is 9.15. The van der Waals surface area contributed by atoms with E-state index in [1.165, 1.54) is 19.3 Å². The number of benzene rings is 1. The predicted molar refractivity (Wildman–Crippen MR) is 165 cm³/mol. The van der Waals surface area contributed by atoms with Crippen LogP contribution < -0.4 is 16.0 Å². The lowest BCUT2D eigenvalue weighted by Gasteiger charge is -2.35. The Bertz CT molecular complexity index is 1280. The number of pyridine rings is 1. The van der Waals surface area contributed by atoms with E-state index < -0.39 is 23.2 Å². The number of thioether (sulfide) groups is 1. The number of hydrogen-bond acceptors (Lipinski definition) is 8. The van der Waals surface area contributed by atoms with Crippen molar-refractivity contribution < 1.29 is 14.7 Å². The number of nitrogens with zero attached hydrogens (tertiary/aromatic N) is 4. The fourth-order valence-electron chi connectivity index (χ4n) is 5.48. The first-order valence-electron chi connectivity index (χ1n) is 15.0. The van der Waals surface area contributed by atoms with Crippen LogP contribution in [0.4, 0.5) is 5.82 Å². The number of hydrogen-bond donors (Lipinski definition) is 3. The fraction of sp³-hybridized carbons (Fsp3) is 0.531. The number of nitrogens with one attached hydrogen (secondary N) is 1. The Hall–Kier alpha value is -3.60. The molecule has 2 aromatic rings. The molecular formula is C32H42N6O3S. The predicted octanol–water partition coefficient (Wildman–Crippen LogP) is 5.47. The summed E-state index contributed by atoms with van der Waals surface area (Å²) >= 11 is 1.13. The quantitative estimate of drug-likeness (QED) is 0.170. The number of unbranched alkanes of at least 4 members (excludes halogenated alkanes) is 5. The van der Waals surface area contributed by atoms with Gasteiger partial charge in [0.05, 0.1) is 11.1 Å². The number of anilines is 1. The summed E-state index contributed by atoms with van der Waals surface area (Å²) in [6, 6.07) is 13.1. The summed E-state index contributed by atoms with van der Waals surface area (Å²) in [4.78, 5) is 31.2. The van der Waals surface area contributed by atoms with Crippen LogP contribution in [-0.2, 0) is 16.0 Å². The van der Waals surface area contributed by atoms with Crippen LogP contribution >= 0.6 is 11.8 Å².